The SMILES string of the molecule is Cc1nc(N2CCN(c3ccc(F)cc3)CC2)nc2c1C(=O)CC(C)(C)C2. The van der Waals surface area contributed by atoms with E-state index in [2.05, 4.69) is 28.6 Å². The summed E-state index contributed by atoms with van der Waals surface area (Å²) in [5.41, 5.74) is 3.38. The normalized spacial score (nSPS) is 19.2. The molecule has 0 atom stereocenters. The lowest BCUT2D eigenvalue weighted by Gasteiger charge is -2.37. The minimum absolute atomic E-state index is 0.0522. The lowest BCUT2D eigenvalue weighted by atomic mass is 9.75. The first kappa shape index (κ1) is 17.9. The predicted octanol–water partition coefficient (Wildman–Crippen LogP) is 3.41. The first-order chi connectivity index (χ1) is 12.8. The molecule has 142 valence electrons. The van der Waals surface area contributed by atoms with Gasteiger partial charge in [0, 0.05) is 38.3 Å². The molecular formula is C21H25FN4O. The second-order valence-electron chi connectivity index (χ2n) is 8.32. The average molecular weight is 368 g/mol. The number of carbonyl (C=O) groups is 1. The second-order valence-corrected chi connectivity index (χ2v) is 8.32. The molecule has 1 saturated heterocycles. The molecule has 0 N–H and O–H groups in total. The monoisotopic (exact) mass is 368 g/mol. The molecule has 1 fully saturated rings. The number of aromatic nitrogens is 2. The van der Waals surface area contributed by atoms with E-state index in [1.807, 2.05) is 19.1 Å². The highest BCUT2D eigenvalue weighted by atomic mass is 19.1. The van der Waals surface area contributed by atoms with Crippen LogP contribution in [-0.2, 0) is 6.42 Å². The molecule has 0 unspecified atom stereocenters. The summed E-state index contributed by atoms with van der Waals surface area (Å²) in [7, 11) is 0. The molecular weight excluding hydrogens is 343 g/mol. The summed E-state index contributed by atoms with van der Waals surface area (Å²) in [6.45, 7) is 9.40. The van der Waals surface area contributed by atoms with Gasteiger partial charge in [0.25, 0.3) is 0 Å². The Hall–Kier alpha value is -2.50. The van der Waals surface area contributed by atoms with Crippen molar-refractivity contribution in [3.8, 4) is 0 Å². The molecule has 0 amide bonds. The zero-order valence-corrected chi connectivity index (χ0v) is 16.1. The molecule has 0 radical (unpaired) electrons. The standard InChI is InChI=1S/C21H25FN4O/c1-14-19-17(12-21(2,3)13-18(19)27)24-20(23-14)26-10-8-25(9-11-26)16-6-4-15(22)5-7-16/h4-7H,8-13H2,1-3H3. The smallest absolute Gasteiger partial charge is 0.225 e. The first-order valence-electron chi connectivity index (χ1n) is 9.49. The number of piperazine rings is 1. The highest BCUT2D eigenvalue weighted by Crippen LogP contribution is 2.35. The van der Waals surface area contributed by atoms with Crippen LogP contribution >= 0.6 is 0 Å². The molecule has 1 aromatic carbocycles. The topological polar surface area (TPSA) is 49.3 Å². The van der Waals surface area contributed by atoms with Gasteiger partial charge in [-0.3, -0.25) is 4.79 Å². The number of anilines is 2. The minimum Gasteiger partial charge on any atom is -0.368 e. The summed E-state index contributed by atoms with van der Waals surface area (Å²) in [4.78, 5) is 26.4. The number of ketones is 1. The Bertz CT molecular complexity index is 870. The maximum atomic E-state index is 13.1. The van der Waals surface area contributed by atoms with Gasteiger partial charge in [-0.05, 0) is 43.0 Å². The molecule has 2 aliphatic rings. The van der Waals surface area contributed by atoms with Crippen molar-refractivity contribution in [2.75, 3.05) is 36.0 Å². The Morgan fingerprint density at radius 2 is 1.59 bits per heavy atom. The van der Waals surface area contributed by atoms with E-state index >= 15 is 0 Å². The number of halogens is 1. The maximum Gasteiger partial charge on any atom is 0.225 e. The van der Waals surface area contributed by atoms with Gasteiger partial charge in [-0.2, -0.15) is 0 Å². The van der Waals surface area contributed by atoms with Crippen LogP contribution in [0.1, 0.15) is 42.0 Å². The number of aryl methyl sites for hydroxylation is 1. The summed E-state index contributed by atoms with van der Waals surface area (Å²) < 4.78 is 13.1. The molecule has 4 rings (SSSR count). The number of nitrogens with zero attached hydrogens (tertiary/aromatic N) is 4. The Balaban J connectivity index is 1.53. The quantitative estimate of drug-likeness (QED) is 0.813. The molecule has 1 aromatic heterocycles. The molecule has 2 heterocycles. The van der Waals surface area contributed by atoms with Crippen LogP contribution in [0, 0.1) is 18.2 Å². The maximum absolute atomic E-state index is 13.1. The van der Waals surface area contributed by atoms with Crippen LogP contribution in [0.2, 0.25) is 0 Å². The first-order valence-corrected chi connectivity index (χ1v) is 9.49. The second kappa shape index (κ2) is 6.59. The molecule has 0 spiro atoms. The van der Waals surface area contributed by atoms with E-state index in [0.29, 0.717) is 6.42 Å². The number of hydrogen-bond donors (Lipinski definition) is 0. The Morgan fingerprint density at radius 1 is 0.963 bits per heavy atom. The summed E-state index contributed by atoms with van der Waals surface area (Å²) in [5, 5.41) is 0. The van der Waals surface area contributed by atoms with Gasteiger partial charge in [-0.25, -0.2) is 14.4 Å². The molecule has 1 aliphatic carbocycles. The molecule has 5 nitrogen and oxygen atoms in total. The lowest BCUT2D eigenvalue weighted by molar-refractivity contribution is 0.0909. The van der Waals surface area contributed by atoms with E-state index in [4.69, 9.17) is 4.98 Å². The van der Waals surface area contributed by atoms with Crippen LogP contribution in [0.3, 0.4) is 0 Å². The highest BCUT2D eigenvalue weighted by Gasteiger charge is 2.34. The lowest BCUT2D eigenvalue weighted by Crippen LogP contribution is -2.47. The van der Waals surface area contributed by atoms with Crippen molar-refractivity contribution >= 4 is 17.4 Å². The van der Waals surface area contributed by atoms with Gasteiger partial charge in [0.1, 0.15) is 5.82 Å². The number of rotatable bonds is 2. The van der Waals surface area contributed by atoms with E-state index in [9.17, 15) is 9.18 Å². The number of fused-ring (bicyclic) bond motifs is 1. The Morgan fingerprint density at radius 3 is 2.26 bits per heavy atom. The van der Waals surface area contributed by atoms with Crippen LogP contribution < -0.4 is 9.80 Å². The van der Waals surface area contributed by atoms with Gasteiger partial charge in [-0.15, -0.1) is 0 Å². The number of carbonyl (C=O) groups excluding carboxylic acids is 1. The van der Waals surface area contributed by atoms with Crippen molar-refractivity contribution in [2.24, 2.45) is 5.41 Å². The summed E-state index contributed by atoms with van der Waals surface area (Å²) >= 11 is 0. The minimum atomic E-state index is -0.215. The largest absolute Gasteiger partial charge is 0.368 e. The highest BCUT2D eigenvalue weighted by molar-refractivity contribution is 5.99. The van der Waals surface area contributed by atoms with Crippen molar-refractivity contribution in [2.45, 2.75) is 33.6 Å². The van der Waals surface area contributed by atoms with Crippen molar-refractivity contribution in [3.63, 3.8) is 0 Å². The van der Waals surface area contributed by atoms with Crippen LogP contribution in [0.25, 0.3) is 0 Å². The van der Waals surface area contributed by atoms with E-state index in [0.717, 1.165) is 61.2 Å². The predicted molar refractivity (Wildman–Crippen MR) is 104 cm³/mol. The third-order valence-corrected chi connectivity index (χ3v) is 5.47. The molecule has 27 heavy (non-hydrogen) atoms. The van der Waals surface area contributed by atoms with Gasteiger partial charge in [0.15, 0.2) is 5.78 Å². The molecule has 0 saturated carbocycles. The summed E-state index contributed by atoms with van der Waals surface area (Å²) in [6, 6.07) is 6.63. The number of hydrogen-bond acceptors (Lipinski definition) is 5. The van der Waals surface area contributed by atoms with Crippen molar-refractivity contribution in [3.05, 3.63) is 47.0 Å². The number of Topliss-reactive ketones (excluding diaryl/α,β-unsaturated/α-hetero) is 1. The fraction of sp³-hybridized carbons (Fsp3) is 0.476. The van der Waals surface area contributed by atoms with E-state index in [1.165, 1.54) is 12.1 Å². The van der Waals surface area contributed by atoms with Gasteiger partial charge in [0.2, 0.25) is 5.95 Å². The van der Waals surface area contributed by atoms with Gasteiger partial charge >= 0.3 is 0 Å². The van der Waals surface area contributed by atoms with Gasteiger partial charge in [-0.1, -0.05) is 13.8 Å². The van der Waals surface area contributed by atoms with Crippen LogP contribution in [-0.4, -0.2) is 41.9 Å². The molecule has 6 heteroatoms. The average Bonchev–Trinajstić information content (AvgIpc) is 2.60. The van der Waals surface area contributed by atoms with E-state index < -0.39 is 0 Å². The zero-order chi connectivity index (χ0) is 19.2. The fourth-order valence-corrected chi connectivity index (χ4v) is 4.10. The number of benzene rings is 1. The Kier molecular flexibility index (Phi) is 4.36. The van der Waals surface area contributed by atoms with E-state index in [-0.39, 0.29) is 17.0 Å². The van der Waals surface area contributed by atoms with Crippen LogP contribution in [0.15, 0.2) is 24.3 Å². The van der Waals surface area contributed by atoms with Crippen molar-refractivity contribution in [1.29, 1.82) is 0 Å². The van der Waals surface area contributed by atoms with Crippen molar-refractivity contribution in [1.82, 2.24) is 9.97 Å². The third-order valence-electron chi connectivity index (χ3n) is 5.47. The summed E-state index contributed by atoms with van der Waals surface area (Å²) in [5.74, 6) is 0.662. The van der Waals surface area contributed by atoms with Crippen LogP contribution in [0.4, 0.5) is 16.0 Å². The molecule has 1 aliphatic heterocycles. The molecule has 0 bridgehead atoms. The zero-order valence-electron chi connectivity index (χ0n) is 16.1. The fourth-order valence-electron chi connectivity index (χ4n) is 4.10. The van der Waals surface area contributed by atoms with E-state index in [1.54, 1.807) is 0 Å². The van der Waals surface area contributed by atoms with Gasteiger partial charge in [0.05, 0.1) is 17.0 Å². The van der Waals surface area contributed by atoms with Crippen molar-refractivity contribution < 1.29 is 9.18 Å². The van der Waals surface area contributed by atoms with Gasteiger partial charge < -0.3 is 9.80 Å². The molecule has 2 aromatic rings. The van der Waals surface area contributed by atoms with Crippen LogP contribution in [0.5, 0.6) is 0 Å². The Labute approximate surface area is 159 Å². The third kappa shape index (κ3) is 3.53. The summed E-state index contributed by atoms with van der Waals surface area (Å²) in [6.07, 6.45) is 1.36.